The minimum absolute atomic E-state index is 0.0706. The minimum Gasteiger partial charge on any atom is -0.288 e. The van der Waals surface area contributed by atoms with E-state index in [1.807, 2.05) is 0 Å². The number of rotatable bonds is 7. The Balaban J connectivity index is 3.91. The number of carbonyl (C=O) groups excluding carboxylic acids is 1. The third-order valence-electron chi connectivity index (χ3n) is 1.31. The van der Waals surface area contributed by atoms with Gasteiger partial charge in [0, 0.05) is 19.5 Å². The Hall–Kier alpha value is -1.35. The lowest BCUT2D eigenvalue weighted by Gasteiger charge is -2.19. The molecule has 0 radical (unpaired) electrons. The fraction of sp³-hybridized carbons (Fsp3) is 0.300. The van der Waals surface area contributed by atoms with Gasteiger partial charge < -0.3 is 0 Å². The molecule has 0 aromatic heterocycles. The van der Waals surface area contributed by atoms with E-state index in [2.05, 4.69) is 25.2 Å². The quantitative estimate of drug-likeness (QED) is 0.472. The predicted molar refractivity (Wildman–Crippen MR) is 54.9 cm³/mol. The van der Waals surface area contributed by atoms with Gasteiger partial charge in [-0.25, -0.2) is 5.01 Å². The number of nitrogens with one attached hydrogen (secondary N) is 1. The molecule has 3 heteroatoms. The molecule has 13 heavy (non-hydrogen) atoms. The van der Waals surface area contributed by atoms with Gasteiger partial charge in [0.1, 0.15) is 0 Å². The topological polar surface area (TPSA) is 32.3 Å². The summed E-state index contributed by atoms with van der Waals surface area (Å²) in [5.41, 5.74) is 2.70. The molecule has 72 valence electrons. The largest absolute Gasteiger partial charge is 0.288 e. The van der Waals surface area contributed by atoms with Gasteiger partial charge in [-0.05, 0) is 0 Å². The van der Waals surface area contributed by atoms with Crippen molar-refractivity contribution in [3.05, 3.63) is 38.0 Å². The molecule has 3 nitrogen and oxygen atoms in total. The van der Waals surface area contributed by atoms with Crippen LogP contribution in [0.1, 0.15) is 6.42 Å². The average molecular weight is 180 g/mol. The van der Waals surface area contributed by atoms with Crippen LogP contribution in [0.3, 0.4) is 0 Å². The summed E-state index contributed by atoms with van der Waals surface area (Å²) in [6, 6.07) is 0. The van der Waals surface area contributed by atoms with Crippen LogP contribution in [-0.2, 0) is 4.79 Å². The summed E-state index contributed by atoms with van der Waals surface area (Å²) in [5.74, 6) is -0.0706. The number of carbonyl (C=O) groups is 1. The van der Waals surface area contributed by atoms with Crippen LogP contribution < -0.4 is 5.43 Å². The Bertz CT molecular complexity index is 189. The molecule has 0 fully saturated rings. The zero-order valence-corrected chi connectivity index (χ0v) is 7.83. The van der Waals surface area contributed by atoms with Gasteiger partial charge in [-0.1, -0.05) is 18.2 Å². The van der Waals surface area contributed by atoms with E-state index in [4.69, 9.17) is 0 Å². The molecule has 0 saturated carbocycles. The highest BCUT2D eigenvalue weighted by atomic mass is 16.2. The molecule has 0 heterocycles. The maximum Gasteiger partial charge on any atom is 0.238 e. The van der Waals surface area contributed by atoms with Crippen LogP contribution in [0.5, 0.6) is 0 Å². The summed E-state index contributed by atoms with van der Waals surface area (Å²) in [6.45, 7) is 11.9. The number of hydrazine groups is 1. The fourth-order valence-electron chi connectivity index (χ4n) is 0.831. The van der Waals surface area contributed by atoms with Crippen LogP contribution in [0.15, 0.2) is 38.0 Å². The molecule has 0 spiro atoms. The summed E-state index contributed by atoms with van der Waals surface area (Å²) < 4.78 is 0. The minimum atomic E-state index is -0.0706. The van der Waals surface area contributed by atoms with E-state index in [1.54, 1.807) is 23.2 Å². The number of nitrogens with zero attached hydrogens (tertiary/aromatic N) is 1. The Morgan fingerprint density at radius 3 is 2.08 bits per heavy atom. The second-order valence-electron chi connectivity index (χ2n) is 2.51. The maximum atomic E-state index is 11.1. The van der Waals surface area contributed by atoms with Gasteiger partial charge in [0.15, 0.2) is 0 Å². The van der Waals surface area contributed by atoms with Crippen LogP contribution in [0.25, 0.3) is 0 Å². The molecule has 0 bridgehead atoms. The normalized spacial score (nSPS) is 9.31. The zero-order chi connectivity index (χ0) is 10.1. The molecule has 0 unspecified atom stereocenters. The van der Waals surface area contributed by atoms with Crippen molar-refractivity contribution in [2.24, 2.45) is 0 Å². The Morgan fingerprint density at radius 2 is 1.69 bits per heavy atom. The lowest BCUT2D eigenvalue weighted by atomic mass is 10.4. The van der Waals surface area contributed by atoms with Crippen molar-refractivity contribution in [2.45, 2.75) is 6.42 Å². The number of amides is 1. The highest BCUT2D eigenvalue weighted by molar-refractivity contribution is 5.76. The molecule has 0 atom stereocenters. The van der Waals surface area contributed by atoms with Crippen molar-refractivity contribution in [1.82, 2.24) is 10.4 Å². The highest BCUT2D eigenvalue weighted by Crippen LogP contribution is 1.86. The summed E-state index contributed by atoms with van der Waals surface area (Å²) in [6.07, 6.45) is 5.33. The van der Waals surface area contributed by atoms with Crippen molar-refractivity contribution in [3.8, 4) is 0 Å². The molecule has 1 amide bonds. The lowest BCUT2D eigenvalue weighted by molar-refractivity contribution is -0.124. The molecule has 0 rings (SSSR count). The second kappa shape index (κ2) is 7.31. The van der Waals surface area contributed by atoms with E-state index in [-0.39, 0.29) is 5.91 Å². The second-order valence-corrected chi connectivity index (χ2v) is 2.51. The summed E-state index contributed by atoms with van der Waals surface area (Å²) in [5, 5.41) is 1.73. The monoisotopic (exact) mass is 180 g/mol. The van der Waals surface area contributed by atoms with E-state index < -0.39 is 0 Å². The molecule has 0 saturated heterocycles. The van der Waals surface area contributed by atoms with Crippen molar-refractivity contribution < 1.29 is 4.79 Å². The summed E-state index contributed by atoms with van der Waals surface area (Å²) in [4.78, 5) is 11.1. The highest BCUT2D eigenvalue weighted by Gasteiger charge is 2.03. The molecular weight excluding hydrogens is 164 g/mol. The summed E-state index contributed by atoms with van der Waals surface area (Å²) >= 11 is 0. The lowest BCUT2D eigenvalue weighted by Crippen LogP contribution is -2.42. The van der Waals surface area contributed by atoms with Gasteiger partial charge in [0.2, 0.25) is 5.91 Å². The van der Waals surface area contributed by atoms with Gasteiger partial charge in [-0.3, -0.25) is 10.2 Å². The molecular formula is C10H16N2O. The molecule has 0 aliphatic carbocycles. The molecule has 0 aliphatic heterocycles. The van der Waals surface area contributed by atoms with Crippen LogP contribution in [-0.4, -0.2) is 24.0 Å². The molecule has 0 aliphatic rings. The van der Waals surface area contributed by atoms with E-state index in [0.717, 1.165) is 0 Å². The fourth-order valence-corrected chi connectivity index (χ4v) is 0.831. The number of hydrogen-bond donors (Lipinski definition) is 1. The first-order valence-electron chi connectivity index (χ1n) is 4.11. The van der Waals surface area contributed by atoms with Gasteiger partial charge in [-0.15, -0.1) is 19.7 Å². The number of hydrogen-bond acceptors (Lipinski definition) is 2. The third kappa shape index (κ3) is 5.87. The molecule has 1 N–H and O–H groups in total. The average Bonchev–Trinajstić information content (AvgIpc) is 2.05. The van der Waals surface area contributed by atoms with Gasteiger partial charge in [-0.2, -0.15) is 0 Å². The van der Waals surface area contributed by atoms with Gasteiger partial charge in [0.25, 0.3) is 0 Å². The smallest absolute Gasteiger partial charge is 0.238 e. The Labute approximate surface area is 79.4 Å². The Morgan fingerprint density at radius 1 is 1.15 bits per heavy atom. The van der Waals surface area contributed by atoms with Crippen LogP contribution in [0.2, 0.25) is 0 Å². The summed E-state index contributed by atoms with van der Waals surface area (Å²) in [7, 11) is 0. The standard InChI is InChI=1S/C10H16N2O/c1-4-7-10(13)11-12(8-5-2)9-6-3/h4-6H,1-3,7-9H2,(H,11,13). The van der Waals surface area contributed by atoms with Gasteiger partial charge >= 0.3 is 0 Å². The van der Waals surface area contributed by atoms with Crippen LogP contribution in [0.4, 0.5) is 0 Å². The van der Waals surface area contributed by atoms with Crippen molar-refractivity contribution >= 4 is 5.91 Å². The van der Waals surface area contributed by atoms with Crippen molar-refractivity contribution in [2.75, 3.05) is 13.1 Å². The first-order valence-corrected chi connectivity index (χ1v) is 4.11. The van der Waals surface area contributed by atoms with E-state index >= 15 is 0 Å². The maximum absolute atomic E-state index is 11.1. The molecule has 0 aromatic carbocycles. The van der Waals surface area contributed by atoms with E-state index in [9.17, 15) is 4.79 Å². The van der Waals surface area contributed by atoms with E-state index in [0.29, 0.717) is 19.5 Å². The van der Waals surface area contributed by atoms with E-state index in [1.165, 1.54) is 0 Å². The van der Waals surface area contributed by atoms with Crippen LogP contribution >= 0.6 is 0 Å². The van der Waals surface area contributed by atoms with Crippen LogP contribution in [0, 0.1) is 0 Å². The molecule has 0 aromatic rings. The Kier molecular flexibility index (Phi) is 6.55. The SMILES string of the molecule is C=CCC(=O)NN(CC=C)CC=C. The third-order valence-corrected chi connectivity index (χ3v) is 1.31. The van der Waals surface area contributed by atoms with Gasteiger partial charge in [0.05, 0.1) is 0 Å². The zero-order valence-electron chi connectivity index (χ0n) is 7.83. The first-order chi connectivity index (χ1) is 6.24. The first kappa shape index (κ1) is 11.6. The van der Waals surface area contributed by atoms with Crippen molar-refractivity contribution in [3.63, 3.8) is 0 Å². The predicted octanol–water partition coefficient (Wildman–Crippen LogP) is 1.27. The van der Waals surface area contributed by atoms with Crippen molar-refractivity contribution in [1.29, 1.82) is 0 Å².